The van der Waals surface area contributed by atoms with E-state index >= 15 is 4.39 Å². The maximum Gasteiger partial charge on any atom is 0.236 e. The van der Waals surface area contributed by atoms with Crippen molar-refractivity contribution in [1.82, 2.24) is 15.3 Å². The van der Waals surface area contributed by atoms with Crippen molar-refractivity contribution in [2.45, 2.75) is 43.1 Å². The summed E-state index contributed by atoms with van der Waals surface area (Å²) >= 11 is 1.13. The monoisotopic (exact) mass is 499 g/mol. The third-order valence-corrected chi connectivity index (χ3v) is 7.57. The van der Waals surface area contributed by atoms with Crippen molar-refractivity contribution >= 4 is 28.6 Å². The first-order valence-corrected chi connectivity index (χ1v) is 11.6. The fraction of sp³-hybridized carbons (Fsp3) is 0.375. The Kier molecular flexibility index (Phi) is 6.27. The maximum absolute atomic E-state index is 15.0. The molecule has 1 saturated carbocycles. The van der Waals surface area contributed by atoms with Crippen molar-refractivity contribution < 1.29 is 23.1 Å². The van der Waals surface area contributed by atoms with Crippen LogP contribution in [-0.4, -0.2) is 44.7 Å². The van der Waals surface area contributed by atoms with E-state index in [0.29, 0.717) is 6.42 Å². The molecule has 1 aliphatic heterocycles. The van der Waals surface area contributed by atoms with Crippen LogP contribution in [0.25, 0.3) is 0 Å². The molecule has 0 radical (unpaired) electrons. The average Bonchev–Trinajstić information content (AvgIpc) is 3.57. The molecule has 8 nitrogen and oxygen atoms in total. The van der Waals surface area contributed by atoms with Crippen LogP contribution in [0.1, 0.15) is 41.9 Å². The predicted molar refractivity (Wildman–Crippen MR) is 127 cm³/mol. The normalized spacial score (nSPS) is 25.5. The fourth-order valence-corrected chi connectivity index (χ4v) is 5.84. The zero-order chi connectivity index (χ0) is 25.5. The summed E-state index contributed by atoms with van der Waals surface area (Å²) in [5.41, 5.74) is 4.92. The van der Waals surface area contributed by atoms with Crippen molar-refractivity contribution in [3.8, 4) is 18.2 Å². The van der Waals surface area contributed by atoms with Gasteiger partial charge >= 0.3 is 0 Å². The maximum atomic E-state index is 15.0. The predicted octanol–water partition coefficient (Wildman–Crippen LogP) is 2.36. The van der Waals surface area contributed by atoms with Gasteiger partial charge in [-0.2, -0.15) is 0 Å². The number of aromatic nitrogens is 2. The molecule has 2 aromatic rings. The van der Waals surface area contributed by atoms with E-state index in [1.54, 1.807) is 13.8 Å². The number of nitrogens with one attached hydrogen (secondary N) is 1. The third-order valence-electron chi connectivity index (χ3n) is 6.27. The van der Waals surface area contributed by atoms with Crippen molar-refractivity contribution in [1.29, 1.82) is 0 Å². The molecule has 2 aliphatic rings. The minimum atomic E-state index is -1.28. The second-order valence-electron chi connectivity index (χ2n) is 8.63. The largest absolute Gasteiger partial charge is 0.460 e. The summed E-state index contributed by atoms with van der Waals surface area (Å²) in [5, 5.41) is 2.73. The van der Waals surface area contributed by atoms with E-state index in [1.807, 2.05) is 0 Å². The van der Waals surface area contributed by atoms with Crippen molar-refractivity contribution in [2.75, 3.05) is 7.05 Å². The summed E-state index contributed by atoms with van der Waals surface area (Å²) in [6.07, 6.45) is 7.39. The highest BCUT2D eigenvalue weighted by molar-refractivity contribution is 8.15. The first-order valence-electron chi connectivity index (χ1n) is 10.8. The molecule has 3 N–H and O–H groups in total. The van der Waals surface area contributed by atoms with Crippen LogP contribution in [0.2, 0.25) is 0 Å². The van der Waals surface area contributed by atoms with Crippen LogP contribution in [0.3, 0.4) is 0 Å². The molecule has 1 aliphatic carbocycles. The zero-order valence-corrected chi connectivity index (χ0v) is 20.1. The van der Waals surface area contributed by atoms with Gasteiger partial charge in [0.25, 0.3) is 0 Å². The molecular formula is C24H23F2N5O3S. The third kappa shape index (κ3) is 4.34. The van der Waals surface area contributed by atoms with Crippen molar-refractivity contribution in [3.05, 3.63) is 53.0 Å². The van der Waals surface area contributed by atoms with Gasteiger partial charge in [0, 0.05) is 24.9 Å². The van der Waals surface area contributed by atoms with Gasteiger partial charge in [0.2, 0.25) is 11.8 Å². The van der Waals surface area contributed by atoms with E-state index in [2.05, 4.69) is 26.2 Å². The highest BCUT2D eigenvalue weighted by atomic mass is 32.2. The number of hydrogen-bond donors (Lipinski definition) is 2. The molecule has 0 unspecified atom stereocenters. The number of nitrogens with two attached hydrogens (primary N) is 1. The molecule has 0 bridgehead atoms. The number of aliphatic imine (C=N–C) groups is 1. The SMILES string of the molecule is C#C[C@H](C)Oc1cnc(C(=O)Cc2cc(F)c(F)c([C@@]3(C)N=C(N)S[C@@]4(C(=O)NC)C[C@H]43)c2)cn1. The molecule has 1 aromatic heterocycles. The first-order chi connectivity index (χ1) is 16.5. The number of benzene rings is 1. The molecule has 0 saturated heterocycles. The Morgan fingerprint density at radius 1 is 1.37 bits per heavy atom. The smallest absolute Gasteiger partial charge is 0.236 e. The highest BCUT2D eigenvalue weighted by Gasteiger charge is 2.70. The Morgan fingerprint density at radius 3 is 2.74 bits per heavy atom. The molecule has 11 heteroatoms. The molecule has 2 heterocycles. The lowest BCUT2D eigenvalue weighted by Crippen LogP contribution is -2.43. The van der Waals surface area contributed by atoms with Crippen LogP contribution in [0.5, 0.6) is 5.88 Å². The number of thioether (sulfide) groups is 1. The van der Waals surface area contributed by atoms with Crippen LogP contribution in [0.15, 0.2) is 29.5 Å². The molecule has 1 aromatic carbocycles. The molecule has 1 amide bonds. The van der Waals surface area contributed by atoms with Gasteiger partial charge in [-0.3, -0.25) is 14.6 Å². The zero-order valence-electron chi connectivity index (χ0n) is 19.3. The Balaban J connectivity index is 1.62. The number of Topliss-reactive ketones (excluding diaryl/α,β-unsaturated/α-hetero) is 1. The van der Waals surface area contributed by atoms with Gasteiger partial charge in [-0.1, -0.05) is 17.7 Å². The summed E-state index contributed by atoms with van der Waals surface area (Å²) in [4.78, 5) is 37.8. The number of amides is 1. The molecule has 182 valence electrons. The average molecular weight is 500 g/mol. The second kappa shape index (κ2) is 8.92. The summed E-state index contributed by atoms with van der Waals surface area (Å²) < 4.78 is 34.2. The lowest BCUT2D eigenvalue weighted by Gasteiger charge is -2.33. The number of rotatable bonds is 7. The Bertz CT molecular complexity index is 1280. The van der Waals surface area contributed by atoms with Gasteiger partial charge in [0.15, 0.2) is 28.7 Å². The quantitative estimate of drug-likeness (QED) is 0.443. The van der Waals surface area contributed by atoms with Gasteiger partial charge in [-0.15, -0.1) is 6.42 Å². The lowest BCUT2D eigenvalue weighted by atomic mass is 9.84. The van der Waals surface area contributed by atoms with E-state index in [-0.39, 0.29) is 40.2 Å². The molecule has 1 fully saturated rings. The summed E-state index contributed by atoms with van der Waals surface area (Å²) in [6.45, 7) is 3.28. The van der Waals surface area contributed by atoms with E-state index in [4.69, 9.17) is 16.9 Å². The summed E-state index contributed by atoms with van der Waals surface area (Å²) in [6, 6.07) is 2.36. The van der Waals surface area contributed by atoms with Gasteiger partial charge in [-0.05, 0) is 38.0 Å². The van der Waals surface area contributed by atoms with Crippen molar-refractivity contribution in [2.24, 2.45) is 16.6 Å². The number of carbonyl (C=O) groups is 2. The van der Waals surface area contributed by atoms with Crippen LogP contribution in [0, 0.1) is 29.9 Å². The van der Waals surface area contributed by atoms with E-state index in [1.165, 1.54) is 25.5 Å². The second-order valence-corrected chi connectivity index (χ2v) is 9.98. The number of ether oxygens (including phenoxy) is 1. The van der Waals surface area contributed by atoms with E-state index in [9.17, 15) is 14.0 Å². The first kappa shape index (κ1) is 24.6. The van der Waals surface area contributed by atoms with Gasteiger partial charge in [0.05, 0.1) is 17.9 Å². The fourth-order valence-electron chi connectivity index (χ4n) is 4.41. The number of nitrogens with zero attached hydrogens (tertiary/aromatic N) is 3. The molecule has 35 heavy (non-hydrogen) atoms. The number of carbonyl (C=O) groups excluding carboxylic acids is 2. The molecular weight excluding hydrogens is 476 g/mol. The number of hydrogen-bond acceptors (Lipinski definition) is 8. The van der Waals surface area contributed by atoms with Crippen LogP contribution in [0.4, 0.5) is 8.78 Å². The van der Waals surface area contributed by atoms with Gasteiger partial charge < -0.3 is 15.8 Å². The number of terminal acetylenes is 1. The minimum Gasteiger partial charge on any atom is -0.460 e. The van der Waals surface area contributed by atoms with Gasteiger partial charge in [-0.25, -0.2) is 18.7 Å². The molecule has 4 rings (SSSR count). The highest BCUT2D eigenvalue weighted by Crippen LogP contribution is 2.66. The van der Waals surface area contributed by atoms with E-state index < -0.39 is 39.7 Å². The van der Waals surface area contributed by atoms with Crippen molar-refractivity contribution in [3.63, 3.8) is 0 Å². The topological polar surface area (TPSA) is 120 Å². The number of ketones is 1. The Hall–Kier alpha value is -3.52. The Labute approximate surface area is 205 Å². The number of amidine groups is 1. The van der Waals surface area contributed by atoms with Gasteiger partial charge in [0.1, 0.15) is 10.4 Å². The van der Waals surface area contributed by atoms with Crippen LogP contribution in [-0.2, 0) is 16.8 Å². The summed E-state index contributed by atoms with van der Waals surface area (Å²) in [5.74, 6) is -0.760. The van der Waals surface area contributed by atoms with E-state index in [0.717, 1.165) is 17.8 Å². The number of fused-ring (bicyclic) bond motifs is 1. The minimum absolute atomic E-state index is 0.0281. The molecule has 4 atom stereocenters. The standard InChI is InChI=1S/C24H23F2N5O3S/c1-5-12(2)34-19-11-29-16(10-30-19)17(32)8-13-6-14(20(26)15(25)7-13)23(3)18-9-24(18,21(33)28-4)35-22(27)31-23/h1,6-7,10-12,18H,8-9H2,2-4H3,(H2,27,31)(H,28,33)/t12-,18-,23+,24-/m0/s1. The van der Waals surface area contributed by atoms with Crippen LogP contribution < -0.4 is 15.8 Å². The van der Waals surface area contributed by atoms with Crippen LogP contribution >= 0.6 is 11.8 Å². The lowest BCUT2D eigenvalue weighted by molar-refractivity contribution is -0.121. The summed E-state index contributed by atoms with van der Waals surface area (Å²) in [7, 11) is 1.51. The Morgan fingerprint density at radius 2 is 2.11 bits per heavy atom. The molecule has 0 spiro atoms. The number of halogens is 2.